The first-order valence-electron chi connectivity index (χ1n) is 8.17. The molecule has 1 amide bonds. The van der Waals surface area contributed by atoms with Crippen molar-refractivity contribution >= 4 is 46.2 Å². The van der Waals surface area contributed by atoms with Gasteiger partial charge in [0.05, 0.1) is 15.5 Å². The lowest BCUT2D eigenvalue weighted by Crippen LogP contribution is -2.17. The average Bonchev–Trinajstić information content (AvgIpc) is 3.06. The second kappa shape index (κ2) is 8.36. The fraction of sp³-hybridized carbons (Fsp3) is 0.167. The van der Waals surface area contributed by atoms with Gasteiger partial charge in [0.2, 0.25) is 0 Å². The van der Waals surface area contributed by atoms with Crippen LogP contribution in [0.15, 0.2) is 51.1 Å². The Labute approximate surface area is 169 Å². The van der Waals surface area contributed by atoms with Crippen LogP contribution in [0.3, 0.4) is 0 Å². The lowest BCUT2D eigenvalue weighted by atomic mass is 10.2. The van der Waals surface area contributed by atoms with Crippen LogP contribution in [-0.4, -0.2) is 34.9 Å². The van der Waals surface area contributed by atoms with Crippen molar-refractivity contribution in [1.82, 2.24) is 9.97 Å². The summed E-state index contributed by atoms with van der Waals surface area (Å²) >= 11 is 2.63. The van der Waals surface area contributed by atoms with Gasteiger partial charge in [-0.25, -0.2) is 9.97 Å². The number of amides is 1. The van der Waals surface area contributed by atoms with E-state index in [9.17, 15) is 14.9 Å². The predicted molar refractivity (Wildman–Crippen MR) is 111 cm³/mol. The molecular formula is C18H17N5O3S2. The van der Waals surface area contributed by atoms with E-state index in [-0.39, 0.29) is 11.3 Å². The minimum atomic E-state index is -0.491. The van der Waals surface area contributed by atoms with Gasteiger partial charge in [0.15, 0.2) is 10.2 Å². The minimum Gasteiger partial charge on any atom is -0.361 e. The average molecular weight is 416 g/mol. The SMILES string of the molecule is Cc1csc(Sc2ccc(C(=O)Nc3cccnc3N(C)C)cc2[N+](=O)[O-])n1. The smallest absolute Gasteiger partial charge is 0.284 e. The molecule has 2 aromatic heterocycles. The number of carbonyl (C=O) groups is 1. The van der Waals surface area contributed by atoms with Crippen LogP contribution in [0, 0.1) is 17.0 Å². The summed E-state index contributed by atoms with van der Waals surface area (Å²) < 4.78 is 0.712. The lowest BCUT2D eigenvalue weighted by Gasteiger charge is -2.16. The number of aromatic nitrogens is 2. The molecule has 10 heteroatoms. The van der Waals surface area contributed by atoms with Gasteiger partial charge in [-0.1, -0.05) is 11.8 Å². The molecule has 8 nitrogen and oxygen atoms in total. The van der Waals surface area contributed by atoms with Crippen LogP contribution in [0.5, 0.6) is 0 Å². The highest BCUT2D eigenvalue weighted by atomic mass is 32.2. The van der Waals surface area contributed by atoms with Gasteiger partial charge in [0.1, 0.15) is 0 Å². The molecule has 3 rings (SSSR count). The summed E-state index contributed by atoms with van der Waals surface area (Å²) in [4.78, 5) is 34.4. The molecule has 1 N–H and O–H groups in total. The molecule has 0 spiro atoms. The van der Waals surface area contributed by atoms with E-state index in [1.54, 1.807) is 35.4 Å². The van der Waals surface area contributed by atoms with Crippen molar-refractivity contribution in [2.45, 2.75) is 16.2 Å². The van der Waals surface area contributed by atoms with Gasteiger partial charge in [-0.2, -0.15) is 0 Å². The number of nitrogens with zero attached hydrogens (tertiary/aromatic N) is 4. The minimum absolute atomic E-state index is 0.135. The van der Waals surface area contributed by atoms with Gasteiger partial charge in [0.25, 0.3) is 11.6 Å². The lowest BCUT2D eigenvalue weighted by molar-refractivity contribution is -0.387. The molecule has 3 aromatic rings. The van der Waals surface area contributed by atoms with Gasteiger partial charge < -0.3 is 10.2 Å². The summed E-state index contributed by atoms with van der Waals surface area (Å²) in [5.41, 5.74) is 1.45. The Kier molecular flexibility index (Phi) is 5.90. The van der Waals surface area contributed by atoms with Crippen LogP contribution in [0.1, 0.15) is 16.1 Å². The zero-order valence-corrected chi connectivity index (χ0v) is 17.0. The molecule has 144 valence electrons. The zero-order chi connectivity index (χ0) is 20.3. The summed E-state index contributed by atoms with van der Waals surface area (Å²) in [6.07, 6.45) is 1.63. The number of aryl methyl sites for hydroxylation is 1. The topological polar surface area (TPSA) is 101 Å². The van der Waals surface area contributed by atoms with Crippen LogP contribution in [0.25, 0.3) is 0 Å². The molecule has 0 bridgehead atoms. The third kappa shape index (κ3) is 4.46. The summed E-state index contributed by atoms with van der Waals surface area (Å²) in [5, 5.41) is 16.2. The summed E-state index contributed by atoms with van der Waals surface area (Å²) in [6.45, 7) is 1.86. The maximum absolute atomic E-state index is 12.6. The number of nitrogens with one attached hydrogen (secondary N) is 1. The number of thiazole rings is 1. The van der Waals surface area contributed by atoms with Crippen LogP contribution in [-0.2, 0) is 0 Å². The first-order valence-corrected chi connectivity index (χ1v) is 9.87. The fourth-order valence-electron chi connectivity index (χ4n) is 2.41. The van der Waals surface area contributed by atoms with E-state index in [2.05, 4.69) is 15.3 Å². The quantitative estimate of drug-likeness (QED) is 0.475. The predicted octanol–water partition coefficient (Wildman–Crippen LogP) is 4.22. The Hall–Kier alpha value is -2.98. The van der Waals surface area contributed by atoms with Gasteiger partial charge in [-0.15, -0.1) is 11.3 Å². The normalized spacial score (nSPS) is 10.5. The highest BCUT2D eigenvalue weighted by Crippen LogP contribution is 2.37. The van der Waals surface area contributed by atoms with Crippen molar-refractivity contribution < 1.29 is 9.72 Å². The number of nitro groups is 1. The summed E-state index contributed by atoms with van der Waals surface area (Å²) in [7, 11) is 3.63. The fourth-order valence-corrected chi connectivity index (χ4v) is 4.29. The van der Waals surface area contributed by atoms with Crippen molar-refractivity contribution in [3.05, 3.63) is 63.3 Å². The van der Waals surface area contributed by atoms with Gasteiger partial charge in [-0.05, 0) is 31.2 Å². The maximum Gasteiger partial charge on any atom is 0.284 e. The number of rotatable bonds is 6. The second-order valence-electron chi connectivity index (χ2n) is 6.02. The van der Waals surface area contributed by atoms with E-state index in [1.165, 1.54) is 29.2 Å². The van der Waals surface area contributed by atoms with Gasteiger partial charge >= 0.3 is 0 Å². The second-order valence-corrected chi connectivity index (χ2v) is 8.17. The number of benzene rings is 1. The van der Waals surface area contributed by atoms with Gasteiger partial charge in [0, 0.05) is 43.0 Å². The molecule has 1 aromatic carbocycles. The number of pyridine rings is 1. The number of carbonyl (C=O) groups excluding carboxylic acids is 1. The molecule has 0 atom stereocenters. The molecule has 2 heterocycles. The third-order valence-electron chi connectivity index (χ3n) is 3.67. The molecule has 0 radical (unpaired) electrons. The summed E-state index contributed by atoms with van der Waals surface area (Å²) in [6, 6.07) is 7.86. The Bertz CT molecular complexity index is 1040. The Balaban J connectivity index is 1.87. The van der Waals surface area contributed by atoms with Gasteiger partial charge in [-0.3, -0.25) is 14.9 Å². The van der Waals surface area contributed by atoms with E-state index in [1.807, 2.05) is 26.4 Å². The Morgan fingerprint density at radius 3 is 2.75 bits per heavy atom. The van der Waals surface area contributed by atoms with Crippen LogP contribution in [0.4, 0.5) is 17.2 Å². The Morgan fingerprint density at radius 2 is 2.11 bits per heavy atom. The molecule has 0 aliphatic heterocycles. The first-order chi connectivity index (χ1) is 13.3. The maximum atomic E-state index is 12.6. The molecular weight excluding hydrogens is 398 g/mol. The van der Waals surface area contributed by atoms with E-state index >= 15 is 0 Å². The molecule has 0 saturated carbocycles. The van der Waals surface area contributed by atoms with Crippen LogP contribution >= 0.6 is 23.1 Å². The van der Waals surface area contributed by atoms with E-state index in [4.69, 9.17) is 0 Å². The van der Waals surface area contributed by atoms with Crippen molar-refractivity contribution in [2.24, 2.45) is 0 Å². The first kappa shape index (κ1) is 19.8. The standard InChI is InChI=1S/C18H17N5O3S2/c1-11-10-27-18(20-11)28-15-7-6-12(9-14(15)23(25)26)17(24)21-13-5-4-8-19-16(13)22(2)3/h4-10H,1-3H3,(H,21,24). The molecule has 0 fully saturated rings. The monoisotopic (exact) mass is 415 g/mol. The number of nitro benzene ring substituents is 1. The number of hydrogen-bond acceptors (Lipinski definition) is 8. The van der Waals surface area contributed by atoms with E-state index in [0.717, 1.165) is 5.69 Å². The number of hydrogen-bond donors (Lipinski definition) is 1. The van der Waals surface area contributed by atoms with E-state index < -0.39 is 10.8 Å². The molecule has 0 unspecified atom stereocenters. The van der Waals surface area contributed by atoms with E-state index in [0.29, 0.717) is 20.7 Å². The van der Waals surface area contributed by atoms with Crippen molar-refractivity contribution in [3.8, 4) is 0 Å². The molecule has 0 aliphatic rings. The molecule has 0 saturated heterocycles. The number of anilines is 2. The largest absolute Gasteiger partial charge is 0.361 e. The molecule has 0 aliphatic carbocycles. The van der Waals surface area contributed by atoms with Crippen LogP contribution in [0.2, 0.25) is 0 Å². The van der Waals surface area contributed by atoms with Crippen molar-refractivity contribution in [1.29, 1.82) is 0 Å². The highest BCUT2D eigenvalue weighted by Gasteiger charge is 2.20. The van der Waals surface area contributed by atoms with Crippen molar-refractivity contribution in [2.75, 3.05) is 24.3 Å². The van der Waals surface area contributed by atoms with Crippen molar-refractivity contribution in [3.63, 3.8) is 0 Å². The third-order valence-corrected chi connectivity index (χ3v) is 5.79. The Morgan fingerprint density at radius 1 is 1.32 bits per heavy atom. The van der Waals surface area contributed by atoms with Crippen LogP contribution < -0.4 is 10.2 Å². The highest BCUT2D eigenvalue weighted by molar-refractivity contribution is 8.01. The zero-order valence-electron chi connectivity index (χ0n) is 15.4. The molecule has 28 heavy (non-hydrogen) atoms. The summed E-state index contributed by atoms with van der Waals surface area (Å²) in [5.74, 6) is 0.150.